The van der Waals surface area contributed by atoms with Crippen molar-refractivity contribution in [1.29, 1.82) is 5.26 Å². The molecule has 6 heterocycles. The number of aromatic amines is 1. The van der Waals surface area contributed by atoms with Gasteiger partial charge in [0.1, 0.15) is 53.9 Å². The summed E-state index contributed by atoms with van der Waals surface area (Å²) in [5.41, 5.74) is 0.485. The van der Waals surface area contributed by atoms with Crippen LogP contribution in [0.1, 0.15) is 64.0 Å². The second kappa shape index (κ2) is 25.1. The van der Waals surface area contributed by atoms with E-state index in [1.165, 1.54) is 42.0 Å². The first-order valence-corrected chi connectivity index (χ1v) is 28.4. The average Bonchev–Trinajstić information content (AvgIpc) is 4.37. The topological polar surface area (TPSA) is 258 Å². The number of anilines is 1. The highest BCUT2D eigenvalue weighted by Crippen LogP contribution is 2.57. The van der Waals surface area contributed by atoms with Crippen molar-refractivity contribution in [3.05, 3.63) is 165 Å². The van der Waals surface area contributed by atoms with Gasteiger partial charge in [-0.15, -0.1) is 11.3 Å². The quantitative estimate of drug-likeness (QED) is 0.0199. The molecule has 0 spiro atoms. The number of carbonyl (C=O) groups is 1. The van der Waals surface area contributed by atoms with Crippen LogP contribution in [-0.4, -0.2) is 132 Å². The van der Waals surface area contributed by atoms with E-state index in [2.05, 4.69) is 35.2 Å². The molecule has 426 valence electrons. The Balaban J connectivity index is 1.07. The van der Waals surface area contributed by atoms with E-state index in [9.17, 15) is 14.9 Å². The lowest BCUT2D eigenvalue weighted by Crippen LogP contribution is -2.44. The number of thiophene rings is 1. The van der Waals surface area contributed by atoms with Gasteiger partial charge in [0, 0.05) is 32.1 Å². The number of rotatable bonds is 23. The van der Waals surface area contributed by atoms with Crippen LogP contribution in [0.5, 0.6) is 11.5 Å². The molecule has 2 aliphatic heterocycles. The Kier molecular flexibility index (Phi) is 17.6. The van der Waals surface area contributed by atoms with Crippen molar-refractivity contribution < 1.29 is 55.7 Å². The van der Waals surface area contributed by atoms with Crippen molar-refractivity contribution in [3.8, 4) is 17.6 Å². The fourth-order valence-electron chi connectivity index (χ4n) is 9.99. The van der Waals surface area contributed by atoms with Crippen LogP contribution in [0.4, 0.5) is 16.2 Å². The van der Waals surface area contributed by atoms with Gasteiger partial charge in [0.15, 0.2) is 29.4 Å². The lowest BCUT2D eigenvalue weighted by Gasteiger charge is -2.39. The van der Waals surface area contributed by atoms with E-state index in [1.807, 2.05) is 67.6 Å². The Labute approximate surface area is 474 Å². The number of aromatic nitrogens is 6. The summed E-state index contributed by atoms with van der Waals surface area (Å²) >= 11 is 1.17. The van der Waals surface area contributed by atoms with E-state index in [0.717, 1.165) is 0 Å². The normalized spacial score (nSPS) is 21.6. The number of phosphoric acid groups is 1. The Morgan fingerprint density at radius 3 is 2.20 bits per heavy atom. The van der Waals surface area contributed by atoms with Crippen LogP contribution in [0.15, 0.2) is 137 Å². The molecule has 0 bridgehead atoms. The van der Waals surface area contributed by atoms with Gasteiger partial charge in [0.05, 0.1) is 74.5 Å². The number of fused-ring (bicyclic) bond motifs is 2. The molecule has 2 fully saturated rings. The highest BCUT2D eigenvalue weighted by Gasteiger charge is 2.55. The molecule has 1 unspecified atom stereocenters. The first-order valence-electron chi connectivity index (χ1n) is 26.0. The molecule has 2 aliphatic rings. The van der Waals surface area contributed by atoms with Gasteiger partial charge in [-0.3, -0.25) is 32.7 Å². The average molecular weight is 1160 g/mol. The van der Waals surface area contributed by atoms with E-state index in [4.69, 9.17) is 42.0 Å². The number of hydrogen-bond donors (Lipinski definition) is 2. The van der Waals surface area contributed by atoms with Gasteiger partial charge in [-0.05, 0) is 59.5 Å². The molecule has 25 heteroatoms. The Morgan fingerprint density at radius 1 is 0.890 bits per heavy atom. The number of H-pyrrole nitrogens is 1. The van der Waals surface area contributed by atoms with Crippen LogP contribution in [0.3, 0.4) is 0 Å². The predicted molar refractivity (Wildman–Crippen MR) is 301 cm³/mol. The number of ether oxygens (including phenoxy) is 6. The van der Waals surface area contributed by atoms with Crippen molar-refractivity contribution >= 4 is 65.2 Å². The monoisotopic (exact) mass is 1160 g/mol. The standard InChI is InChI=1S/C57H58FN10O12PS/c1-7-41-47(74-6)48(49(77-41)50-44-40(30-82-50)54(70)66-56(64-44)63-32-67(2)3)80-81(71,75-28-14-27-59)76-29-42-46(43(58)55(78-42)68-33-62-45-51(60-31-61-52(45)68)65-53(69)34-15-10-8-11-16-34)79-57(35-17-12-9-13-18-35,36-19-23-38(72-4)24-20-36)37-21-25-39(73-5)26-22-37/h8-13,15-26,30-33,41-43,46-49,55H,7,14,28-29H2,1-6H3,(H,64,66,70)(H,60,61,65,69)/t41-,42-,43-,46-,47-,48-,49-,55-,81?/m1/s1. The predicted octanol–water partition coefficient (Wildman–Crippen LogP) is 9.23. The molecular weight excluding hydrogens is 1100 g/mol. The van der Waals surface area contributed by atoms with Crippen LogP contribution in [0, 0.1) is 11.3 Å². The number of nitrogens with zero attached hydrogens (tertiary/aromatic N) is 8. The second-order valence-corrected chi connectivity index (χ2v) is 21.7. The molecule has 4 aromatic carbocycles. The van der Waals surface area contributed by atoms with Crippen molar-refractivity contribution in [2.45, 2.75) is 74.4 Å². The van der Waals surface area contributed by atoms with Crippen LogP contribution in [0.25, 0.3) is 22.1 Å². The van der Waals surface area contributed by atoms with Crippen LogP contribution >= 0.6 is 19.2 Å². The van der Waals surface area contributed by atoms with E-state index < -0.39 is 87.1 Å². The van der Waals surface area contributed by atoms with Crippen LogP contribution < -0.4 is 20.3 Å². The molecule has 22 nitrogen and oxygen atoms in total. The number of nitriles is 1. The number of methoxy groups -OCH3 is 3. The van der Waals surface area contributed by atoms with Gasteiger partial charge in [-0.1, -0.05) is 79.7 Å². The summed E-state index contributed by atoms with van der Waals surface area (Å²) in [5.74, 6) is 0.717. The van der Waals surface area contributed by atoms with Crippen molar-refractivity contribution in [2.75, 3.05) is 54.0 Å². The number of halogens is 1. The van der Waals surface area contributed by atoms with Gasteiger partial charge >= 0.3 is 7.82 Å². The fourth-order valence-corrected chi connectivity index (χ4v) is 12.4. The maximum atomic E-state index is 18.5. The smallest absolute Gasteiger partial charge is 0.475 e. The van der Waals surface area contributed by atoms with Crippen LogP contribution in [0.2, 0.25) is 0 Å². The zero-order valence-electron chi connectivity index (χ0n) is 45.4. The number of benzene rings is 4. The van der Waals surface area contributed by atoms with Crippen molar-refractivity contribution in [3.63, 3.8) is 0 Å². The Bertz CT molecular complexity index is 3630. The third-order valence-corrected chi connectivity index (χ3v) is 16.4. The minimum atomic E-state index is -4.92. The van der Waals surface area contributed by atoms with Gasteiger partial charge in [-0.25, -0.2) is 33.9 Å². The van der Waals surface area contributed by atoms with E-state index in [1.54, 1.807) is 93.2 Å². The molecule has 9 atom stereocenters. The fraction of sp³-hybridized carbons (Fsp3) is 0.333. The summed E-state index contributed by atoms with van der Waals surface area (Å²) in [6.07, 6.45) is -6.36. The highest BCUT2D eigenvalue weighted by molar-refractivity contribution is 7.48. The maximum absolute atomic E-state index is 18.5. The summed E-state index contributed by atoms with van der Waals surface area (Å²) in [6, 6.07) is 34.0. The summed E-state index contributed by atoms with van der Waals surface area (Å²) in [6.45, 7) is 0.758. The largest absolute Gasteiger partial charge is 0.497 e. The molecular formula is C57H58FN10O12PS. The molecule has 0 aliphatic carbocycles. The minimum Gasteiger partial charge on any atom is -0.497 e. The van der Waals surface area contributed by atoms with Gasteiger partial charge in [0.25, 0.3) is 11.5 Å². The summed E-state index contributed by atoms with van der Waals surface area (Å²) in [5, 5.41) is 14.3. The third kappa shape index (κ3) is 11.6. The second-order valence-electron chi connectivity index (χ2n) is 19.2. The van der Waals surface area contributed by atoms with Crippen LogP contribution in [-0.2, 0) is 42.7 Å². The molecule has 2 N–H and O–H groups in total. The number of aliphatic imine (C=N–C) groups is 1. The van der Waals surface area contributed by atoms with E-state index in [0.29, 0.717) is 45.1 Å². The Hall–Kier alpha value is -7.82. The summed E-state index contributed by atoms with van der Waals surface area (Å²) in [4.78, 5) is 53.9. The van der Waals surface area contributed by atoms with E-state index >= 15 is 8.96 Å². The molecule has 1 amide bonds. The van der Waals surface area contributed by atoms with E-state index in [-0.39, 0.29) is 40.3 Å². The van der Waals surface area contributed by atoms with Gasteiger partial charge in [0.2, 0.25) is 5.95 Å². The molecule has 2 saturated heterocycles. The van der Waals surface area contributed by atoms with Gasteiger partial charge < -0.3 is 38.6 Å². The first-order chi connectivity index (χ1) is 39.8. The lowest BCUT2D eigenvalue weighted by atomic mass is 9.79. The number of amides is 1. The molecule has 82 heavy (non-hydrogen) atoms. The zero-order valence-corrected chi connectivity index (χ0v) is 47.1. The molecule has 0 saturated carbocycles. The zero-order chi connectivity index (χ0) is 57.5. The number of alkyl halides is 1. The summed E-state index contributed by atoms with van der Waals surface area (Å²) < 4.78 is 92.3. The first kappa shape index (κ1) is 57.4. The third-order valence-electron chi connectivity index (χ3n) is 13.9. The number of imidazole rings is 1. The van der Waals surface area contributed by atoms with Crippen molar-refractivity contribution in [1.82, 2.24) is 34.4 Å². The molecule has 4 aromatic heterocycles. The number of nitrogens with one attached hydrogen (secondary N) is 2. The summed E-state index contributed by atoms with van der Waals surface area (Å²) in [7, 11) is 3.16. The molecule has 0 radical (unpaired) electrons. The Morgan fingerprint density at radius 2 is 1.56 bits per heavy atom. The lowest BCUT2D eigenvalue weighted by molar-refractivity contribution is -0.106. The number of carbonyl (C=O) groups excluding carboxylic acids is 1. The maximum Gasteiger partial charge on any atom is 0.475 e. The minimum absolute atomic E-state index is 0.0324. The SMILES string of the molecule is CC[C@H]1O[C@@H](c2scc3c(=O)[nH]c(N=CN(C)C)nc23)[C@H](OP(=O)(OCCC#N)OC[C@H]2O[C@@H](n3cnc4c(NC(=O)c5ccccc5)ncnc43)[C@H](F)[C@@H]2OC(c2ccccc2)(c2ccc(OC)cc2)c2ccc(OC)cc2)[C@@H]1OC. The molecule has 10 rings (SSSR count). The van der Waals surface area contributed by atoms with Gasteiger partial charge in [-0.2, -0.15) is 5.26 Å². The number of hydrogen-bond acceptors (Lipinski definition) is 19. The molecule has 8 aromatic rings. The highest BCUT2D eigenvalue weighted by atomic mass is 32.1. The van der Waals surface area contributed by atoms with Crippen molar-refractivity contribution in [2.24, 2.45) is 4.99 Å². The number of phosphoric ester groups is 1.